The predicted octanol–water partition coefficient (Wildman–Crippen LogP) is 5.61. The van der Waals surface area contributed by atoms with Crippen molar-refractivity contribution in [3.63, 3.8) is 0 Å². The lowest BCUT2D eigenvalue weighted by Crippen LogP contribution is -2.25. The minimum atomic E-state index is -0.543. The second-order valence-corrected chi connectivity index (χ2v) is 7.93. The average molecular weight is 484 g/mol. The maximum Gasteiger partial charge on any atom is 0.249 e. The van der Waals surface area contributed by atoms with Gasteiger partial charge in [-0.3, -0.25) is 9.59 Å². The van der Waals surface area contributed by atoms with Crippen LogP contribution in [-0.2, 0) is 22.6 Å². The first-order valence-electron chi connectivity index (χ1n) is 10.3. The van der Waals surface area contributed by atoms with Crippen LogP contribution in [0.25, 0.3) is 0 Å². The molecule has 0 bridgehead atoms. The molecule has 170 valence electrons. The van der Waals surface area contributed by atoms with Gasteiger partial charge in [0.25, 0.3) is 0 Å². The van der Waals surface area contributed by atoms with Crippen LogP contribution in [0.1, 0.15) is 30.0 Å². The monoisotopic (exact) mass is 483 g/mol. The summed E-state index contributed by atoms with van der Waals surface area (Å²) >= 11 is 12.3. The van der Waals surface area contributed by atoms with Gasteiger partial charge in [-0.05, 0) is 42.3 Å². The Morgan fingerprint density at radius 1 is 0.970 bits per heavy atom. The number of hydrogen-bond donors (Lipinski definition) is 2. The third-order valence-electron chi connectivity index (χ3n) is 4.70. The number of anilines is 1. The van der Waals surface area contributed by atoms with E-state index in [1.54, 1.807) is 30.3 Å². The van der Waals surface area contributed by atoms with Crippen molar-refractivity contribution in [2.75, 3.05) is 5.32 Å². The molecule has 2 amide bonds. The first-order valence-corrected chi connectivity index (χ1v) is 11.1. The molecule has 0 unspecified atom stereocenters. The Labute approximate surface area is 202 Å². The Hall–Kier alpha value is -3.35. The van der Waals surface area contributed by atoms with Crippen molar-refractivity contribution in [3.05, 3.63) is 93.5 Å². The van der Waals surface area contributed by atoms with Gasteiger partial charge in [-0.2, -0.15) is 5.10 Å². The van der Waals surface area contributed by atoms with Crippen molar-refractivity contribution < 1.29 is 14.3 Å². The quantitative estimate of drug-likeness (QED) is 0.235. The van der Waals surface area contributed by atoms with E-state index in [2.05, 4.69) is 15.8 Å². The number of hydrazone groups is 1. The molecule has 6 nitrogen and oxygen atoms in total. The molecular weight excluding hydrogens is 461 g/mol. The number of aryl methyl sites for hydroxylation is 1. The van der Waals surface area contributed by atoms with Crippen molar-refractivity contribution in [1.29, 1.82) is 0 Å². The summed E-state index contributed by atoms with van der Waals surface area (Å²) in [6, 6.07) is 19.9. The Kier molecular flexibility index (Phi) is 8.87. The third-order valence-corrected chi connectivity index (χ3v) is 5.30. The molecule has 0 aromatic heterocycles. The fourth-order valence-corrected chi connectivity index (χ4v) is 3.40. The minimum absolute atomic E-state index is 0.258. The van der Waals surface area contributed by atoms with E-state index < -0.39 is 11.8 Å². The second-order valence-electron chi connectivity index (χ2n) is 7.09. The van der Waals surface area contributed by atoms with Crippen LogP contribution in [0.15, 0.2) is 71.8 Å². The molecule has 3 rings (SSSR count). The molecule has 33 heavy (non-hydrogen) atoms. The zero-order valence-electron chi connectivity index (χ0n) is 18.0. The van der Waals surface area contributed by atoms with Crippen LogP contribution in [0, 0.1) is 0 Å². The molecule has 0 atom stereocenters. The highest BCUT2D eigenvalue weighted by Crippen LogP contribution is 2.24. The molecule has 0 heterocycles. The maximum absolute atomic E-state index is 12.2. The molecule has 0 spiro atoms. The van der Waals surface area contributed by atoms with Crippen LogP contribution < -0.4 is 15.5 Å². The van der Waals surface area contributed by atoms with E-state index in [9.17, 15) is 9.59 Å². The SMILES string of the molecule is CCc1ccccc1NC(=O)CC(=O)NN=Cc1cc(Cl)ccc1OCc1ccccc1Cl. The summed E-state index contributed by atoms with van der Waals surface area (Å²) in [5.74, 6) is -0.445. The van der Waals surface area contributed by atoms with Crippen LogP contribution in [0.3, 0.4) is 0 Å². The van der Waals surface area contributed by atoms with Crippen LogP contribution in [0.2, 0.25) is 10.0 Å². The number of para-hydroxylation sites is 1. The number of carbonyl (C=O) groups is 2. The Bertz CT molecular complexity index is 1170. The summed E-state index contributed by atoms with van der Waals surface area (Å²) in [7, 11) is 0. The minimum Gasteiger partial charge on any atom is -0.488 e. The van der Waals surface area contributed by atoms with E-state index >= 15 is 0 Å². The molecule has 0 aliphatic carbocycles. The largest absolute Gasteiger partial charge is 0.488 e. The van der Waals surface area contributed by atoms with Crippen molar-refractivity contribution in [1.82, 2.24) is 5.43 Å². The number of nitrogens with one attached hydrogen (secondary N) is 2. The van der Waals surface area contributed by atoms with E-state index in [0.29, 0.717) is 27.0 Å². The summed E-state index contributed by atoms with van der Waals surface area (Å²) in [5.41, 5.74) is 5.45. The number of benzene rings is 3. The predicted molar refractivity (Wildman–Crippen MR) is 132 cm³/mol. The third kappa shape index (κ3) is 7.34. The first kappa shape index (κ1) is 24.3. The Balaban J connectivity index is 1.57. The maximum atomic E-state index is 12.2. The van der Waals surface area contributed by atoms with E-state index in [1.165, 1.54) is 6.21 Å². The molecule has 0 saturated heterocycles. The van der Waals surface area contributed by atoms with Gasteiger partial charge < -0.3 is 10.1 Å². The summed E-state index contributed by atoms with van der Waals surface area (Å²) in [5, 5.41) is 7.79. The van der Waals surface area contributed by atoms with Gasteiger partial charge in [-0.25, -0.2) is 5.43 Å². The molecular formula is C25H23Cl2N3O3. The average Bonchev–Trinajstić information content (AvgIpc) is 2.79. The highest BCUT2D eigenvalue weighted by molar-refractivity contribution is 6.31. The van der Waals surface area contributed by atoms with Crippen LogP contribution >= 0.6 is 23.2 Å². The topological polar surface area (TPSA) is 79.8 Å². The van der Waals surface area contributed by atoms with Gasteiger partial charge in [-0.15, -0.1) is 0 Å². The highest BCUT2D eigenvalue weighted by atomic mass is 35.5. The van der Waals surface area contributed by atoms with Gasteiger partial charge >= 0.3 is 0 Å². The first-order chi connectivity index (χ1) is 16.0. The lowest BCUT2D eigenvalue weighted by atomic mass is 10.1. The van der Waals surface area contributed by atoms with E-state index in [4.69, 9.17) is 27.9 Å². The fraction of sp³-hybridized carbons (Fsp3) is 0.160. The lowest BCUT2D eigenvalue weighted by Gasteiger charge is -2.11. The van der Waals surface area contributed by atoms with Crippen LogP contribution in [0.4, 0.5) is 5.69 Å². The standard InChI is InChI=1S/C25H23Cl2N3O3/c1-2-17-7-4-6-10-22(17)29-24(31)14-25(32)30-28-15-19-13-20(26)11-12-23(19)33-16-18-8-3-5-9-21(18)27/h3-13,15H,2,14,16H2,1H3,(H,29,31)(H,30,32). The van der Waals surface area contributed by atoms with Crippen molar-refractivity contribution in [2.24, 2.45) is 5.10 Å². The van der Waals surface area contributed by atoms with Gasteiger partial charge in [0, 0.05) is 26.9 Å². The number of hydrogen-bond acceptors (Lipinski definition) is 4. The van der Waals surface area contributed by atoms with Gasteiger partial charge in [-0.1, -0.05) is 66.5 Å². The van der Waals surface area contributed by atoms with Crippen LogP contribution in [0.5, 0.6) is 5.75 Å². The van der Waals surface area contributed by atoms with Crippen molar-refractivity contribution in [3.8, 4) is 5.75 Å². The second kappa shape index (κ2) is 12.0. The zero-order chi connectivity index (χ0) is 23.6. The smallest absolute Gasteiger partial charge is 0.249 e. The summed E-state index contributed by atoms with van der Waals surface area (Å²) in [6.07, 6.45) is 1.82. The van der Waals surface area contributed by atoms with Crippen LogP contribution in [-0.4, -0.2) is 18.0 Å². The fourth-order valence-electron chi connectivity index (χ4n) is 3.03. The molecule has 8 heteroatoms. The molecule has 3 aromatic carbocycles. The lowest BCUT2D eigenvalue weighted by molar-refractivity contribution is -0.126. The Morgan fingerprint density at radius 2 is 1.70 bits per heavy atom. The van der Waals surface area contributed by atoms with Gasteiger partial charge in [0.05, 0.1) is 6.21 Å². The van der Waals surface area contributed by atoms with Gasteiger partial charge in [0.2, 0.25) is 11.8 Å². The highest BCUT2D eigenvalue weighted by Gasteiger charge is 2.11. The van der Waals surface area contributed by atoms with E-state index in [-0.39, 0.29) is 13.0 Å². The number of halogens is 2. The summed E-state index contributed by atoms with van der Waals surface area (Å²) in [4.78, 5) is 24.3. The molecule has 0 saturated carbocycles. The number of ether oxygens (including phenoxy) is 1. The molecule has 0 radical (unpaired) electrons. The van der Waals surface area contributed by atoms with Crippen molar-refractivity contribution >= 4 is 46.9 Å². The zero-order valence-corrected chi connectivity index (χ0v) is 19.5. The Morgan fingerprint density at radius 3 is 2.45 bits per heavy atom. The molecule has 0 aliphatic heterocycles. The van der Waals surface area contributed by atoms with E-state index in [1.807, 2.05) is 43.3 Å². The number of amides is 2. The molecule has 2 N–H and O–H groups in total. The van der Waals surface area contributed by atoms with Gasteiger partial charge in [0.15, 0.2) is 0 Å². The molecule has 0 fully saturated rings. The molecule has 0 aliphatic rings. The number of rotatable bonds is 9. The van der Waals surface area contributed by atoms with E-state index in [0.717, 1.165) is 17.5 Å². The molecule has 3 aromatic rings. The van der Waals surface area contributed by atoms with Gasteiger partial charge in [0.1, 0.15) is 18.8 Å². The number of carbonyl (C=O) groups excluding carboxylic acids is 2. The normalized spacial score (nSPS) is 10.8. The summed E-state index contributed by atoms with van der Waals surface area (Å²) < 4.78 is 5.86. The van der Waals surface area contributed by atoms with Crippen molar-refractivity contribution in [2.45, 2.75) is 26.4 Å². The number of nitrogens with zero attached hydrogens (tertiary/aromatic N) is 1. The summed E-state index contributed by atoms with van der Waals surface area (Å²) in [6.45, 7) is 2.25.